The Morgan fingerprint density at radius 2 is 1.76 bits per heavy atom. The molecule has 1 N–H and O–H groups in total. The minimum absolute atomic E-state index is 0.0116. The van der Waals surface area contributed by atoms with Crippen LogP contribution in [0.4, 0.5) is 5.69 Å². The molecule has 3 rings (SSSR count). The molecule has 33 heavy (non-hydrogen) atoms. The van der Waals surface area contributed by atoms with Crippen LogP contribution in [0.5, 0.6) is 11.5 Å². The molecule has 1 aliphatic heterocycles. The Balaban J connectivity index is 1.95. The summed E-state index contributed by atoms with van der Waals surface area (Å²) in [5.74, 6) is 0.587. The second kappa shape index (κ2) is 8.89. The zero-order valence-corrected chi connectivity index (χ0v) is 21.2. The molecule has 8 heteroatoms. The van der Waals surface area contributed by atoms with Crippen molar-refractivity contribution in [3.63, 3.8) is 0 Å². The van der Waals surface area contributed by atoms with Gasteiger partial charge in [0.2, 0.25) is 0 Å². The zero-order valence-electron chi connectivity index (χ0n) is 20.4. The van der Waals surface area contributed by atoms with Gasteiger partial charge in [0.15, 0.2) is 6.10 Å². The van der Waals surface area contributed by atoms with Gasteiger partial charge in [-0.2, -0.15) is 0 Å². The summed E-state index contributed by atoms with van der Waals surface area (Å²) in [5.41, 5.74) is 0.849. The summed E-state index contributed by atoms with van der Waals surface area (Å²) in [4.78, 5) is 13.3. The molecular formula is C25H34N2O5S. The van der Waals surface area contributed by atoms with Crippen molar-refractivity contribution in [1.29, 1.82) is 0 Å². The van der Waals surface area contributed by atoms with Gasteiger partial charge in [-0.3, -0.25) is 9.10 Å². The van der Waals surface area contributed by atoms with Crippen molar-refractivity contribution in [3.05, 3.63) is 48.0 Å². The minimum atomic E-state index is -3.93. The number of methoxy groups -OCH3 is 1. The van der Waals surface area contributed by atoms with Gasteiger partial charge in [-0.05, 0) is 74.6 Å². The van der Waals surface area contributed by atoms with Crippen LogP contribution in [0, 0.1) is 12.3 Å². The van der Waals surface area contributed by atoms with Crippen molar-refractivity contribution in [2.75, 3.05) is 18.0 Å². The molecule has 180 valence electrons. The number of benzene rings is 2. The predicted octanol–water partition coefficient (Wildman–Crippen LogP) is 4.29. The van der Waals surface area contributed by atoms with E-state index in [1.807, 2.05) is 26.8 Å². The topological polar surface area (TPSA) is 84.9 Å². The maximum absolute atomic E-state index is 13.6. The van der Waals surface area contributed by atoms with Crippen molar-refractivity contribution < 1.29 is 22.7 Å². The van der Waals surface area contributed by atoms with Gasteiger partial charge in [0.1, 0.15) is 11.5 Å². The van der Waals surface area contributed by atoms with Crippen LogP contribution in [0.15, 0.2) is 47.4 Å². The van der Waals surface area contributed by atoms with E-state index in [4.69, 9.17) is 9.47 Å². The normalized spacial score (nSPS) is 16.6. The van der Waals surface area contributed by atoms with Crippen molar-refractivity contribution in [2.24, 2.45) is 5.41 Å². The lowest BCUT2D eigenvalue weighted by Gasteiger charge is -2.38. The lowest BCUT2D eigenvalue weighted by molar-refractivity contribution is -0.129. The third-order valence-electron chi connectivity index (χ3n) is 5.36. The zero-order chi connectivity index (χ0) is 24.6. The third-order valence-corrected chi connectivity index (χ3v) is 7.15. The SMILES string of the molecule is COc1ccc(S(=O)(=O)N2CC(C(=O)NC(C)(C)CC(C)(C)C)Oc3cc(C)ccc32)cc1. The quantitative estimate of drug-likeness (QED) is 0.675. The number of carbonyl (C=O) groups excluding carboxylic acids is 1. The minimum Gasteiger partial charge on any atom is -0.497 e. The van der Waals surface area contributed by atoms with Gasteiger partial charge >= 0.3 is 0 Å². The van der Waals surface area contributed by atoms with Gasteiger partial charge in [0.05, 0.1) is 24.2 Å². The number of sulfonamides is 1. The summed E-state index contributed by atoms with van der Waals surface area (Å²) in [6.45, 7) is 12.0. The number of nitrogens with one attached hydrogen (secondary N) is 1. The number of amides is 1. The van der Waals surface area contributed by atoms with E-state index < -0.39 is 21.7 Å². The second-order valence-corrected chi connectivity index (χ2v) is 12.3. The highest BCUT2D eigenvalue weighted by Gasteiger charge is 2.39. The monoisotopic (exact) mass is 474 g/mol. The standard InChI is InChI=1S/C25H34N2O5S/c1-17-8-13-20-21(14-17)32-22(23(28)26-25(5,6)16-24(2,3)4)15-27(20)33(29,30)19-11-9-18(31-7)10-12-19/h8-14,22H,15-16H2,1-7H3,(H,26,28). The van der Waals surface area contributed by atoms with E-state index in [1.54, 1.807) is 24.3 Å². The maximum Gasteiger partial charge on any atom is 0.264 e. The molecule has 1 heterocycles. The van der Waals surface area contributed by atoms with Crippen LogP contribution < -0.4 is 19.1 Å². The van der Waals surface area contributed by atoms with Crippen molar-refractivity contribution >= 4 is 21.6 Å². The van der Waals surface area contributed by atoms with Gasteiger partial charge < -0.3 is 14.8 Å². The molecule has 2 aromatic carbocycles. The first-order valence-electron chi connectivity index (χ1n) is 11.0. The maximum atomic E-state index is 13.6. The van der Waals surface area contributed by atoms with Gasteiger partial charge in [-0.25, -0.2) is 8.42 Å². The number of hydrogen-bond donors (Lipinski definition) is 1. The van der Waals surface area contributed by atoms with E-state index in [2.05, 4.69) is 26.1 Å². The van der Waals surface area contributed by atoms with Crippen molar-refractivity contribution in [3.8, 4) is 11.5 Å². The molecule has 1 unspecified atom stereocenters. The summed E-state index contributed by atoms with van der Waals surface area (Å²) in [5, 5.41) is 3.05. The van der Waals surface area contributed by atoms with Crippen molar-refractivity contribution in [1.82, 2.24) is 5.32 Å². The molecule has 1 amide bonds. The summed E-state index contributed by atoms with van der Waals surface area (Å²) in [6.07, 6.45) is -0.228. The summed E-state index contributed by atoms with van der Waals surface area (Å²) >= 11 is 0. The number of anilines is 1. The Kier molecular flexibility index (Phi) is 6.71. The molecule has 0 aromatic heterocycles. The Hall–Kier alpha value is -2.74. The number of ether oxygens (including phenoxy) is 2. The first kappa shape index (κ1) is 24.9. The Morgan fingerprint density at radius 1 is 1.12 bits per heavy atom. The molecular weight excluding hydrogens is 440 g/mol. The smallest absolute Gasteiger partial charge is 0.264 e. The molecule has 0 bridgehead atoms. The summed E-state index contributed by atoms with van der Waals surface area (Å²) in [7, 11) is -2.41. The van der Waals surface area contributed by atoms with Gasteiger partial charge in [0, 0.05) is 5.54 Å². The largest absolute Gasteiger partial charge is 0.497 e. The lowest BCUT2D eigenvalue weighted by atomic mass is 9.81. The molecule has 0 saturated carbocycles. The molecule has 0 radical (unpaired) electrons. The fraction of sp³-hybridized carbons (Fsp3) is 0.480. The van der Waals surface area contributed by atoms with Gasteiger partial charge in [0.25, 0.3) is 15.9 Å². The molecule has 0 spiro atoms. The molecule has 2 aromatic rings. The lowest BCUT2D eigenvalue weighted by Crippen LogP contribution is -2.55. The van der Waals surface area contributed by atoms with Crippen LogP contribution in [0.25, 0.3) is 0 Å². The number of rotatable bonds is 6. The molecule has 1 aliphatic rings. The van der Waals surface area contributed by atoms with Crippen LogP contribution >= 0.6 is 0 Å². The van der Waals surface area contributed by atoms with Gasteiger partial charge in [-0.15, -0.1) is 0 Å². The fourth-order valence-corrected chi connectivity index (χ4v) is 5.86. The summed E-state index contributed by atoms with van der Waals surface area (Å²) < 4.78 is 39.6. The van der Waals surface area contributed by atoms with E-state index >= 15 is 0 Å². The average Bonchev–Trinajstić information content (AvgIpc) is 2.70. The van der Waals surface area contributed by atoms with E-state index in [1.165, 1.54) is 23.5 Å². The fourth-order valence-electron chi connectivity index (χ4n) is 4.38. The summed E-state index contributed by atoms with van der Waals surface area (Å²) in [6, 6.07) is 11.5. The number of fused-ring (bicyclic) bond motifs is 1. The van der Waals surface area contributed by atoms with E-state index in [0.717, 1.165) is 12.0 Å². The molecule has 0 fully saturated rings. The van der Waals surface area contributed by atoms with E-state index in [-0.39, 0.29) is 22.8 Å². The second-order valence-electron chi connectivity index (χ2n) is 10.4. The van der Waals surface area contributed by atoms with Crippen LogP contribution in [0.3, 0.4) is 0 Å². The van der Waals surface area contributed by atoms with Gasteiger partial charge in [-0.1, -0.05) is 26.8 Å². The average molecular weight is 475 g/mol. The molecule has 0 aliphatic carbocycles. The highest BCUT2D eigenvalue weighted by molar-refractivity contribution is 7.92. The van der Waals surface area contributed by atoms with E-state index in [0.29, 0.717) is 17.2 Å². The van der Waals surface area contributed by atoms with Crippen LogP contribution in [0.1, 0.15) is 46.6 Å². The Labute approximate surface area is 197 Å². The molecule has 7 nitrogen and oxygen atoms in total. The highest BCUT2D eigenvalue weighted by Crippen LogP contribution is 2.38. The van der Waals surface area contributed by atoms with E-state index in [9.17, 15) is 13.2 Å². The van der Waals surface area contributed by atoms with Crippen LogP contribution in [-0.4, -0.2) is 39.6 Å². The Bertz CT molecular complexity index is 1120. The van der Waals surface area contributed by atoms with Crippen LogP contribution in [0.2, 0.25) is 0 Å². The first-order chi connectivity index (χ1) is 15.2. The Morgan fingerprint density at radius 3 is 2.33 bits per heavy atom. The number of hydrogen-bond acceptors (Lipinski definition) is 5. The first-order valence-corrected chi connectivity index (χ1v) is 12.4. The number of nitrogens with zero attached hydrogens (tertiary/aromatic N) is 1. The number of aryl methyl sites for hydroxylation is 1. The van der Waals surface area contributed by atoms with Crippen molar-refractivity contribution in [2.45, 2.75) is 64.5 Å². The number of carbonyl (C=O) groups is 1. The highest BCUT2D eigenvalue weighted by atomic mass is 32.2. The third kappa shape index (κ3) is 5.79. The molecule has 1 atom stereocenters. The molecule has 0 saturated heterocycles. The van der Waals surface area contributed by atoms with Crippen LogP contribution in [-0.2, 0) is 14.8 Å². The predicted molar refractivity (Wildman–Crippen MR) is 129 cm³/mol.